The lowest BCUT2D eigenvalue weighted by molar-refractivity contribution is -0.137. The smallest absolute Gasteiger partial charge is 0.322 e. The molecule has 0 unspecified atom stereocenters. The summed E-state index contributed by atoms with van der Waals surface area (Å²) in [7, 11) is 0. The van der Waals surface area contributed by atoms with Crippen LogP contribution in [-0.2, 0) is 22.7 Å². The van der Waals surface area contributed by atoms with Gasteiger partial charge in [0, 0.05) is 13.1 Å². The molecule has 0 fully saturated rings. The van der Waals surface area contributed by atoms with Gasteiger partial charge in [-0.25, -0.2) is 4.79 Å². The molecule has 0 bridgehead atoms. The van der Waals surface area contributed by atoms with Gasteiger partial charge in [-0.2, -0.15) is 0 Å². The van der Waals surface area contributed by atoms with Crippen LogP contribution in [0.3, 0.4) is 0 Å². The summed E-state index contributed by atoms with van der Waals surface area (Å²) in [5.41, 5.74) is 0. The summed E-state index contributed by atoms with van der Waals surface area (Å²) in [4.78, 5) is 34.9. The summed E-state index contributed by atoms with van der Waals surface area (Å²) >= 11 is 0. The summed E-state index contributed by atoms with van der Waals surface area (Å²) in [5, 5.41) is 20.6. The van der Waals surface area contributed by atoms with Crippen molar-refractivity contribution >= 4 is 17.9 Å². The Morgan fingerprint density at radius 3 is 2.80 bits per heavy atom. The van der Waals surface area contributed by atoms with Crippen LogP contribution in [0.5, 0.6) is 0 Å². The van der Waals surface area contributed by atoms with Crippen LogP contribution in [0.15, 0.2) is 6.33 Å². The van der Waals surface area contributed by atoms with E-state index in [1.54, 1.807) is 6.33 Å². The van der Waals surface area contributed by atoms with Gasteiger partial charge in [0.1, 0.15) is 12.9 Å². The molecule has 0 aromatic carbocycles. The highest BCUT2D eigenvalue weighted by Gasteiger charge is 2.21. The van der Waals surface area contributed by atoms with Crippen molar-refractivity contribution in [3.8, 4) is 0 Å². The van der Waals surface area contributed by atoms with Gasteiger partial charge in [-0.1, -0.05) is 0 Å². The molecule has 10 heteroatoms. The van der Waals surface area contributed by atoms with Crippen LogP contribution < -0.4 is 10.6 Å². The topological polar surface area (TPSA) is 129 Å². The van der Waals surface area contributed by atoms with Crippen molar-refractivity contribution in [3.05, 3.63) is 12.2 Å². The number of fused-ring (bicyclic) bond motifs is 1. The van der Waals surface area contributed by atoms with Gasteiger partial charge in [-0.15, -0.1) is 10.2 Å². The average Bonchev–Trinajstić information content (AvgIpc) is 2.89. The number of nitrogens with zero attached hydrogens (tertiary/aromatic N) is 4. The minimum atomic E-state index is -1.14. The number of hydrogen-bond acceptors (Lipinski definition) is 5. The molecule has 3 N–H and O–H groups in total. The maximum atomic E-state index is 11.8. The number of rotatable bonds is 4. The molecule has 0 aliphatic carbocycles. The van der Waals surface area contributed by atoms with Crippen LogP contribution in [-0.4, -0.2) is 62.3 Å². The van der Waals surface area contributed by atoms with E-state index in [1.165, 1.54) is 4.90 Å². The number of carbonyl (C=O) groups excluding carboxylic acids is 2. The fourth-order valence-corrected chi connectivity index (χ4v) is 1.74. The Kier molecular flexibility index (Phi) is 4.13. The lowest BCUT2D eigenvalue weighted by atomic mass is 10.4. The number of hydrogen-bond donors (Lipinski definition) is 3. The summed E-state index contributed by atoms with van der Waals surface area (Å²) < 4.78 is 1.85. The monoisotopic (exact) mass is 282 g/mol. The molecule has 20 heavy (non-hydrogen) atoms. The molecule has 0 atom stereocenters. The SMILES string of the molecule is O=C(O)CNC(=O)CNC(=O)N1CCn2cnnc2C1. The number of carboxylic acid groups (broad SMARTS) is 1. The van der Waals surface area contributed by atoms with Gasteiger partial charge < -0.3 is 25.2 Å². The second-order valence-electron chi connectivity index (χ2n) is 4.19. The largest absolute Gasteiger partial charge is 0.480 e. The van der Waals surface area contributed by atoms with Crippen LogP contribution in [0.2, 0.25) is 0 Å². The highest BCUT2D eigenvalue weighted by Crippen LogP contribution is 2.08. The predicted molar refractivity (Wildman–Crippen MR) is 64.5 cm³/mol. The summed E-state index contributed by atoms with van der Waals surface area (Å²) in [5.74, 6) is -1.01. The average molecular weight is 282 g/mol. The zero-order chi connectivity index (χ0) is 14.5. The van der Waals surface area contributed by atoms with Gasteiger partial charge >= 0.3 is 12.0 Å². The molecule has 2 rings (SSSR count). The number of aliphatic carboxylic acids is 1. The molecule has 1 aromatic rings. The quantitative estimate of drug-likeness (QED) is 0.586. The van der Waals surface area contributed by atoms with Crippen molar-refractivity contribution in [2.24, 2.45) is 0 Å². The zero-order valence-electron chi connectivity index (χ0n) is 10.6. The molecule has 0 radical (unpaired) electrons. The van der Waals surface area contributed by atoms with Crippen LogP contribution in [0, 0.1) is 0 Å². The molecule has 0 saturated carbocycles. The van der Waals surface area contributed by atoms with E-state index in [0.717, 1.165) is 0 Å². The Bertz CT molecular complexity index is 528. The molecular weight excluding hydrogens is 268 g/mol. The minimum Gasteiger partial charge on any atom is -0.480 e. The predicted octanol–water partition coefficient (Wildman–Crippen LogP) is -2.00. The second kappa shape index (κ2) is 5.99. The first kappa shape index (κ1) is 13.8. The number of amides is 3. The fraction of sp³-hybridized carbons (Fsp3) is 0.500. The summed E-state index contributed by atoms with van der Waals surface area (Å²) in [6.45, 7) is 0.675. The summed E-state index contributed by atoms with van der Waals surface area (Å²) in [6.07, 6.45) is 1.60. The van der Waals surface area contributed by atoms with Crippen molar-refractivity contribution in [2.45, 2.75) is 13.1 Å². The number of urea groups is 1. The van der Waals surface area contributed by atoms with Crippen LogP contribution in [0.4, 0.5) is 4.79 Å². The molecule has 1 aliphatic heterocycles. The Morgan fingerprint density at radius 2 is 2.05 bits per heavy atom. The van der Waals surface area contributed by atoms with Crippen LogP contribution in [0.25, 0.3) is 0 Å². The van der Waals surface area contributed by atoms with Crippen LogP contribution >= 0.6 is 0 Å². The van der Waals surface area contributed by atoms with E-state index < -0.39 is 24.5 Å². The van der Waals surface area contributed by atoms with E-state index in [9.17, 15) is 14.4 Å². The van der Waals surface area contributed by atoms with Gasteiger partial charge in [-0.3, -0.25) is 9.59 Å². The van der Waals surface area contributed by atoms with Gasteiger partial charge in [0.2, 0.25) is 5.91 Å². The Hall–Kier alpha value is -2.65. The number of aromatic nitrogens is 3. The molecular formula is C10H14N6O4. The Labute approximate surface area is 113 Å². The first-order valence-electron chi connectivity index (χ1n) is 5.94. The lowest BCUT2D eigenvalue weighted by Crippen LogP contribution is -2.47. The second-order valence-corrected chi connectivity index (χ2v) is 4.19. The summed E-state index contributed by atoms with van der Waals surface area (Å²) in [6, 6.07) is -0.398. The highest BCUT2D eigenvalue weighted by molar-refractivity contribution is 5.86. The lowest BCUT2D eigenvalue weighted by Gasteiger charge is -2.27. The standard InChI is InChI=1S/C10H14N6O4/c17-8(11-4-9(18)19)3-12-10(20)15-1-2-16-6-13-14-7(16)5-15/h6H,1-5H2,(H,11,17)(H,12,20)(H,18,19). The molecule has 0 spiro atoms. The molecule has 2 heterocycles. The Morgan fingerprint density at radius 1 is 1.25 bits per heavy atom. The van der Waals surface area contributed by atoms with Gasteiger partial charge in [-0.05, 0) is 0 Å². The fourth-order valence-electron chi connectivity index (χ4n) is 1.74. The third kappa shape index (κ3) is 3.43. The molecule has 10 nitrogen and oxygen atoms in total. The molecule has 1 aromatic heterocycles. The minimum absolute atomic E-state index is 0.269. The van der Waals surface area contributed by atoms with E-state index in [-0.39, 0.29) is 6.54 Å². The van der Waals surface area contributed by atoms with E-state index >= 15 is 0 Å². The normalized spacial score (nSPS) is 13.5. The van der Waals surface area contributed by atoms with Gasteiger partial charge in [0.05, 0.1) is 13.1 Å². The number of carboxylic acids is 1. The van der Waals surface area contributed by atoms with Crippen molar-refractivity contribution in [1.29, 1.82) is 0 Å². The third-order valence-electron chi connectivity index (χ3n) is 2.76. The van der Waals surface area contributed by atoms with Crippen molar-refractivity contribution in [1.82, 2.24) is 30.3 Å². The third-order valence-corrected chi connectivity index (χ3v) is 2.76. The molecule has 108 valence electrons. The molecule has 3 amide bonds. The first-order chi connectivity index (χ1) is 9.56. The van der Waals surface area contributed by atoms with Crippen molar-refractivity contribution < 1.29 is 19.5 Å². The number of carbonyl (C=O) groups is 3. The van der Waals surface area contributed by atoms with E-state index in [4.69, 9.17) is 5.11 Å². The van der Waals surface area contributed by atoms with Crippen molar-refractivity contribution in [3.63, 3.8) is 0 Å². The van der Waals surface area contributed by atoms with Crippen molar-refractivity contribution in [2.75, 3.05) is 19.6 Å². The maximum absolute atomic E-state index is 11.8. The van der Waals surface area contributed by atoms with Gasteiger partial charge in [0.25, 0.3) is 0 Å². The Balaban J connectivity index is 1.76. The van der Waals surface area contributed by atoms with E-state index in [2.05, 4.69) is 20.8 Å². The first-order valence-corrected chi connectivity index (χ1v) is 5.94. The van der Waals surface area contributed by atoms with Crippen LogP contribution in [0.1, 0.15) is 5.82 Å². The van der Waals surface area contributed by atoms with Gasteiger partial charge in [0.15, 0.2) is 5.82 Å². The number of nitrogens with one attached hydrogen (secondary N) is 2. The zero-order valence-corrected chi connectivity index (χ0v) is 10.6. The highest BCUT2D eigenvalue weighted by atomic mass is 16.4. The maximum Gasteiger partial charge on any atom is 0.322 e. The van der Waals surface area contributed by atoms with E-state index in [1.807, 2.05) is 4.57 Å². The molecule has 0 saturated heterocycles. The van der Waals surface area contributed by atoms with E-state index in [0.29, 0.717) is 25.5 Å². The molecule has 1 aliphatic rings.